The van der Waals surface area contributed by atoms with Gasteiger partial charge in [0.15, 0.2) is 0 Å². The van der Waals surface area contributed by atoms with E-state index in [2.05, 4.69) is 36.3 Å². The average Bonchev–Trinajstić information content (AvgIpc) is 3.23. The normalized spacial score (nSPS) is 17.8. The molecule has 1 aromatic heterocycles. The van der Waals surface area contributed by atoms with Crippen LogP contribution in [0.3, 0.4) is 0 Å². The second-order valence-electron chi connectivity index (χ2n) is 7.70. The van der Waals surface area contributed by atoms with Crippen LogP contribution in [0.25, 0.3) is 5.69 Å². The van der Waals surface area contributed by atoms with Crippen molar-refractivity contribution in [2.45, 2.75) is 46.1 Å². The van der Waals surface area contributed by atoms with Crippen LogP contribution in [0.2, 0.25) is 0 Å². The molecular formula is C18H25N5O2. The molecule has 3 rings (SSSR count). The molecule has 2 aromatic rings. The molecule has 2 heterocycles. The molecule has 0 saturated carbocycles. The highest BCUT2D eigenvalue weighted by Gasteiger charge is 2.32. The number of carbonyl (C=O) groups is 1. The molecule has 1 aliphatic heterocycles. The van der Waals surface area contributed by atoms with Gasteiger partial charge in [-0.1, -0.05) is 20.8 Å². The molecule has 7 nitrogen and oxygen atoms in total. The minimum absolute atomic E-state index is 0.0590. The van der Waals surface area contributed by atoms with Crippen molar-refractivity contribution < 1.29 is 9.53 Å². The molecule has 1 aromatic carbocycles. The SMILES string of the molecule is COc1ccc(C(=O)N2CCC[C@H]2CC(C)(C)C)cc1-n1cnnn1. The highest BCUT2D eigenvalue weighted by atomic mass is 16.5. The number of nitrogens with zero attached hydrogens (tertiary/aromatic N) is 5. The second-order valence-corrected chi connectivity index (χ2v) is 7.70. The smallest absolute Gasteiger partial charge is 0.254 e. The summed E-state index contributed by atoms with van der Waals surface area (Å²) in [4.78, 5) is 15.1. The maximum absolute atomic E-state index is 13.1. The van der Waals surface area contributed by atoms with Gasteiger partial charge in [0, 0.05) is 18.2 Å². The molecule has 1 atom stereocenters. The van der Waals surface area contributed by atoms with Crippen molar-refractivity contribution in [3.05, 3.63) is 30.1 Å². The highest BCUT2D eigenvalue weighted by Crippen LogP contribution is 2.31. The summed E-state index contributed by atoms with van der Waals surface area (Å²) >= 11 is 0. The lowest BCUT2D eigenvalue weighted by atomic mass is 9.87. The lowest BCUT2D eigenvalue weighted by molar-refractivity contribution is 0.0704. The summed E-state index contributed by atoms with van der Waals surface area (Å²) in [6, 6.07) is 5.69. The number of rotatable bonds is 4. The summed E-state index contributed by atoms with van der Waals surface area (Å²) in [6.45, 7) is 7.47. The predicted molar refractivity (Wildman–Crippen MR) is 93.8 cm³/mol. The number of benzene rings is 1. The zero-order valence-corrected chi connectivity index (χ0v) is 15.3. The Bertz CT molecular complexity index is 736. The zero-order valence-electron chi connectivity index (χ0n) is 15.3. The summed E-state index contributed by atoms with van der Waals surface area (Å²) in [7, 11) is 1.59. The van der Waals surface area contributed by atoms with Gasteiger partial charge in [0.25, 0.3) is 5.91 Å². The van der Waals surface area contributed by atoms with E-state index in [-0.39, 0.29) is 11.3 Å². The largest absolute Gasteiger partial charge is 0.494 e. The third-order valence-electron chi connectivity index (χ3n) is 4.51. The molecule has 0 radical (unpaired) electrons. The number of carbonyl (C=O) groups excluding carboxylic acids is 1. The third-order valence-corrected chi connectivity index (χ3v) is 4.51. The number of amides is 1. The van der Waals surface area contributed by atoms with E-state index in [4.69, 9.17) is 4.74 Å². The summed E-state index contributed by atoms with van der Waals surface area (Å²) in [5.74, 6) is 0.681. The lowest BCUT2D eigenvalue weighted by Gasteiger charge is -2.30. The van der Waals surface area contributed by atoms with E-state index in [0.717, 1.165) is 25.8 Å². The number of methoxy groups -OCH3 is 1. The van der Waals surface area contributed by atoms with E-state index in [1.807, 2.05) is 11.0 Å². The molecule has 0 N–H and O–H groups in total. The van der Waals surface area contributed by atoms with Gasteiger partial charge in [0.05, 0.1) is 7.11 Å². The van der Waals surface area contributed by atoms with Gasteiger partial charge >= 0.3 is 0 Å². The Labute approximate surface area is 148 Å². The quantitative estimate of drug-likeness (QED) is 0.853. The first-order chi connectivity index (χ1) is 11.9. The van der Waals surface area contributed by atoms with Gasteiger partial charge in [-0.25, -0.2) is 0 Å². The van der Waals surface area contributed by atoms with Crippen LogP contribution in [0, 0.1) is 5.41 Å². The third kappa shape index (κ3) is 3.81. The Morgan fingerprint density at radius 2 is 2.16 bits per heavy atom. The van der Waals surface area contributed by atoms with Crippen LogP contribution >= 0.6 is 0 Å². The maximum atomic E-state index is 13.1. The van der Waals surface area contributed by atoms with Crippen molar-refractivity contribution in [2.75, 3.05) is 13.7 Å². The van der Waals surface area contributed by atoms with Crippen LogP contribution in [0.1, 0.15) is 50.4 Å². The summed E-state index contributed by atoms with van der Waals surface area (Å²) in [5, 5.41) is 11.2. The number of ether oxygens (including phenoxy) is 1. The van der Waals surface area contributed by atoms with Gasteiger partial charge in [-0.3, -0.25) is 4.79 Å². The molecule has 0 aliphatic carbocycles. The number of hydrogen-bond acceptors (Lipinski definition) is 5. The molecule has 1 saturated heterocycles. The minimum Gasteiger partial charge on any atom is -0.494 e. The van der Waals surface area contributed by atoms with Crippen LogP contribution < -0.4 is 4.74 Å². The number of aromatic nitrogens is 4. The van der Waals surface area contributed by atoms with Gasteiger partial charge in [0.2, 0.25) is 0 Å². The summed E-state index contributed by atoms with van der Waals surface area (Å²) in [6.07, 6.45) is 4.63. The van der Waals surface area contributed by atoms with Gasteiger partial charge in [-0.15, -0.1) is 5.10 Å². The molecular weight excluding hydrogens is 318 g/mol. The summed E-state index contributed by atoms with van der Waals surface area (Å²) < 4.78 is 6.88. The average molecular weight is 343 g/mol. The van der Waals surface area contributed by atoms with Crippen LogP contribution in [0.5, 0.6) is 5.75 Å². The first-order valence-electron chi connectivity index (χ1n) is 8.61. The van der Waals surface area contributed by atoms with Gasteiger partial charge in [-0.05, 0) is 53.3 Å². The minimum atomic E-state index is 0.0590. The fourth-order valence-corrected chi connectivity index (χ4v) is 3.46. The molecule has 1 fully saturated rings. The van der Waals surface area contributed by atoms with Crippen molar-refractivity contribution in [2.24, 2.45) is 5.41 Å². The van der Waals surface area contributed by atoms with Crippen molar-refractivity contribution in [3.8, 4) is 11.4 Å². The molecule has 7 heteroatoms. The Hall–Kier alpha value is -2.44. The number of hydrogen-bond donors (Lipinski definition) is 0. The predicted octanol–water partition coefficient (Wildman–Crippen LogP) is 2.71. The fourth-order valence-electron chi connectivity index (χ4n) is 3.46. The van der Waals surface area contributed by atoms with Crippen molar-refractivity contribution >= 4 is 5.91 Å². The molecule has 1 aliphatic rings. The van der Waals surface area contributed by atoms with Crippen LogP contribution in [0.15, 0.2) is 24.5 Å². The van der Waals surface area contributed by atoms with Gasteiger partial charge < -0.3 is 9.64 Å². The monoisotopic (exact) mass is 343 g/mol. The lowest BCUT2D eigenvalue weighted by Crippen LogP contribution is -2.37. The molecule has 134 valence electrons. The van der Waals surface area contributed by atoms with E-state index in [1.165, 1.54) is 11.0 Å². The van der Waals surface area contributed by atoms with Crippen LogP contribution in [-0.4, -0.2) is 50.7 Å². The maximum Gasteiger partial charge on any atom is 0.254 e. The van der Waals surface area contributed by atoms with Crippen molar-refractivity contribution in [3.63, 3.8) is 0 Å². The standard InChI is InChI=1S/C18H25N5O2/c1-18(2,3)11-14-6-5-9-22(14)17(24)13-7-8-16(25-4)15(10-13)23-12-19-20-21-23/h7-8,10,12,14H,5-6,9,11H2,1-4H3/t14-/m0/s1. The Morgan fingerprint density at radius 3 is 2.80 bits per heavy atom. The second kappa shape index (κ2) is 6.82. The van der Waals surface area contributed by atoms with E-state index < -0.39 is 0 Å². The molecule has 0 bridgehead atoms. The Kier molecular flexibility index (Phi) is 4.74. The van der Waals surface area contributed by atoms with E-state index in [1.54, 1.807) is 19.2 Å². The molecule has 25 heavy (non-hydrogen) atoms. The topological polar surface area (TPSA) is 73.1 Å². The molecule has 0 spiro atoms. The zero-order chi connectivity index (χ0) is 18.0. The fraction of sp³-hybridized carbons (Fsp3) is 0.556. The van der Waals surface area contributed by atoms with E-state index in [0.29, 0.717) is 23.0 Å². The van der Waals surface area contributed by atoms with Gasteiger partial charge in [-0.2, -0.15) is 4.68 Å². The van der Waals surface area contributed by atoms with Crippen molar-refractivity contribution in [1.29, 1.82) is 0 Å². The summed E-state index contributed by atoms with van der Waals surface area (Å²) in [5.41, 5.74) is 1.49. The van der Waals surface area contributed by atoms with Gasteiger partial charge in [0.1, 0.15) is 17.8 Å². The van der Waals surface area contributed by atoms with E-state index in [9.17, 15) is 4.79 Å². The Morgan fingerprint density at radius 1 is 1.36 bits per heavy atom. The Balaban J connectivity index is 1.88. The van der Waals surface area contributed by atoms with Crippen LogP contribution in [0.4, 0.5) is 0 Å². The number of tetrazole rings is 1. The van der Waals surface area contributed by atoms with E-state index >= 15 is 0 Å². The highest BCUT2D eigenvalue weighted by molar-refractivity contribution is 5.95. The molecule has 1 amide bonds. The molecule has 0 unspecified atom stereocenters. The first kappa shape index (κ1) is 17.4. The van der Waals surface area contributed by atoms with Crippen LogP contribution in [-0.2, 0) is 0 Å². The van der Waals surface area contributed by atoms with Crippen molar-refractivity contribution in [1.82, 2.24) is 25.1 Å². The number of likely N-dealkylation sites (tertiary alicyclic amines) is 1. The first-order valence-corrected chi connectivity index (χ1v) is 8.61.